The molecular formula is C13H21NO2. The Morgan fingerprint density at radius 3 is 2.31 bits per heavy atom. The fourth-order valence-electron chi connectivity index (χ4n) is 1.40. The van der Waals surface area contributed by atoms with Crippen LogP contribution in [0.3, 0.4) is 0 Å². The minimum atomic E-state index is 0.0647. The molecule has 0 amide bonds. The van der Waals surface area contributed by atoms with Gasteiger partial charge < -0.3 is 15.2 Å². The van der Waals surface area contributed by atoms with Crippen LogP contribution in [0, 0.1) is 0 Å². The van der Waals surface area contributed by atoms with Crippen LogP contribution >= 0.6 is 0 Å². The first-order chi connectivity index (χ1) is 7.63. The van der Waals surface area contributed by atoms with Crippen molar-refractivity contribution in [3.05, 3.63) is 29.8 Å². The highest BCUT2D eigenvalue weighted by molar-refractivity contribution is 5.28. The lowest BCUT2D eigenvalue weighted by Crippen LogP contribution is -2.19. The summed E-state index contributed by atoms with van der Waals surface area (Å²) < 4.78 is 11.0. The third-order valence-corrected chi connectivity index (χ3v) is 2.30. The molecule has 0 aromatic heterocycles. The van der Waals surface area contributed by atoms with E-state index in [1.807, 2.05) is 45.0 Å². The number of nitrogens with two attached hydrogens (primary N) is 1. The normalized spacial score (nSPS) is 14.5. The predicted octanol–water partition coefficient (Wildman–Crippen LogP) is 2.51. The molecule has 0 saturated heterocycles. The lowest BCUT2D eigenvalue weighted by molar-refractivity contribution is 0.0657. The van der Waals surface area contributed by atoms with Gasteiger partial charge in [0.2, 0.25) is 0 Å². The van der Waals surface area contributed by atoms with Gasteiger partial charge in [0.05, 0.1) is 6.61 Å². The van der Waals surface area contributed by atoms with E-state index in [1.54, 1.807) is 0 Å². The summed E-state index contributed by atoms with van der Waals surface area (Å²) in [5.74, 6) is 0.858. The molecule has 1 aromatic rings. The van der Waals surface area contributed by atoms with Crippen LogP contribution in [0.5, 0.6) is 5.75 Å². The van der Waals surface area contributed by atoms with Crippen molar-refractivity contribution in [1.82, 2.24) is 0 Å². The second kappa shape index (κ2) is 6.51. The van der Waals surface area contributed by atoms with E-state index in [1.165, 1.54) is 0 Å². The van der Waals surface area contributed by atoms with Crippen LogP contribution in [-0.4, -0.2) is 19.3 Å². The molecule has 0 fully saturated rings. The molecule has 3 heteroatoms. The van der Waals surface area contributed by atoms with E-state index < -0.39 is 0 Å². The van der Waals surface area contributed by atoms with Crippen LogP contribution in [0.4, 0.5) is 0 Å². The minimum Gasteiger partial charge on any atom is -0.488 e. The maximum Gasteiger partial charge on any atom is 0.119 e. The third-order valence-electron chi connectivity index (χ3n) is 2.30. The van der Waals surface area contributed by atoms with Crippen molar-refractivity contribution in [3.63, 3.8) is 0 Å². The average molecular weight is 223 g/mol. The molecule has 0 radical (unpaired) electrons. The van der Waals surface area contributed by atoms with Crippen molar-refractivity contribution in [2.45, 2.75) is 32.9 Å². The molecule has 0 aliphatic heterocycles. The van der Waals surface area contributed by atoms with E-state index in [2.05, 4.69) is 0 Å². The fraction of sp³-hybridized carbons (Fsp3) is 0.538. The topological polar surface area (TPSA) is 44.5 Å². The first-order valence-corrected chi connectivity index (χ1v) is 5.73. The Morgan fingerprint density at radius 2 is 1.81 bits per heavy atom. The van der Waals surface area contributed by atoms with Gasteiger partial charge in [0.1, 0.15) is 11.9 Å². The molecule has 1 unspecified atom stereocenters. The van der Waals surface area contributed by atoms with Gasteiger partial charge in [-0.15, -0.1) is 0 Å². The van der Waals surface area contributed by atoms with E-state index in [9.17, 15) is 0 Å². The summed E-state index contributed by atoms with van der Waals surface area (Å²) in [6.45, 7) is 7.27. The quantitative estimate of drug-likeness (QED) is 0.806. The van der Waals surface area contributed by atoms with Crippen molar-refractivity contribution < 1.29 is 9.47 Å². The van der Waals surface area contributed by atoms with E-state index in [0.717, 1.165) is 17.9 Å². The van der Waals surface area contributed by atoms with Crippen LogP contribution in [0.25, 0.3) is 0 Å². The van der Waals surface area contributed by atoms with Crippen LogP contribution in [0.15, 0.2) is 24.3 Å². The fourth-order valence-corrected chi connectivity index (χ4v) is 1.40. The van der Waals surface area contributed by atoms with Gasteiger partial charge >= 0.3 is 0 Å². The lowest BCUT2D eigenvalue weighted by atomic mass is 10.1. The third kappa shape index (κ3) is 4.21. The van der Waals surface area contributed by atoms with Crippen LogP contribution in [0.1, 0.15) is 32.4 Å². The van der Waals surface area contributed by atoms with Crippen molar-refractivity contribution in [1.29, 1.82) is 0 Å². The molecule has 0 aliphatic carbocycles. The molecule has 2 N–H and O–H groups in total. The highest BCUT2D eigenvalue weighted by Crippen LogP contribution is 2.17. The summed E-state index contributed by atoms with van der Waals surface area (Å²) in [6, 6.07) is 7.94. The SMILES string of the molecule is CCOCC(C)Oc1ccc([C@@H](C)N)cc1. The van der Waals surface area contributed by atoms with E-state index in [-0.39, 0.29) is 12.1 Å². The van der Waals surface area contributed by atoms with Gasteiger partial charge in [-0.3, -0.25) is 0 Å². The molecule has 0 spiro atoms. The number of hydrogen-bond donors (Lipinski definition) is 1. The lowest BCUT2D eigenvalue weighted by Gasteiger charge is -2.15. The summed E-state index contributed by atoms with van der Waals surface area (Å²) in [5, 5.41) is 0. The highest BCUT2D eigenvalue weighted by Gasteiger charge is 2.04. The van der Waals surface area contributed by atoms with Crippen molar-refractivity contribution >= 4 is 0 Å². The second-order valence-electron chi connectivity index (χ2n) is 3.95. The predicted molar refractivity (Wildman–Crippen MR) is 65.6 cm³/mol. The van der Waals surface area contributed by atoms with E-state index >= 15 is 0 Å². The molecule has 16 heavy (non-hydrogen) atoms. The maximum atomic E-state index is 5.77. The van der Waals surface area contributed by atoms with Gasteiger partial charge in [0.15, 0.2) is 0 Å². The molecule has 3 nitrogen and oxygen atoms in total. The summed E-state index contributed by atoms with van der Waals surface area (Å²) in [4.78, 5) is 0. The molecule has 0 bridgehead atoms. The standard InChI is InChI=1S/C13H21NO2/c1-4-15-9-10(2)16-13-7-5-12(6-8-13)11(3)14/h5-8,10-11H,4,9,14H2,1-3H3/t10?,11-/m1/s1. The van der Waals surface area contributed by atoms with Gasteiger partial charge in [-0.2, -0.15) is 0 Å². The summed E-state index contributed by atoms with van der Waals surface area (Å²) in [6.07, 6.45) is 0.0705. The molecule has 1 rings (SSSR count). The van der Waals surface area contributed by atoms with Gasteiger partial charge in [-0.1, -0.05) is 12.1 Å². The number of hydrogen-bond acceptors (Lipinski definition) is 3. The number of benzene rings is 1. The molecular weight excluding hydrogens is 202 g/mol. The highest BCUT2D eigenvalue weighted by atomic mass is 16.5. The summed E-state index contributed by atoms with van der Waals surface area (Å²) in [5.41, 5.74) is 6.89. The Hall–Kier alpha value is -1.06. The first kappa shape index (κ1) is 13.0. The van der Waals surface area contributed by atoms with Crippen LogP contribution < -0.4 is 10.5 Å². The Kier molecular flexibility index (Phi) is 5.29. The molecule has 90 valence electrons. The van der Waals surface area contributed by atoms with Gasteiger partial charge in [-0.25, -0.2) is 0 Å². The second-order valence-corrected chi connectivity index (χ2v) is 3.95. The molecule has 0 saturated carbocycles. The smallest absolute Gasteiger partial charge is 0.119 e. The Bertz CT molecular complexity index is 295. The summed E-state index contributed by atoms with van der Waals surface area (Å²) >= 11 is 0. The minimum absolute atomic E-state index is 0.0647. The zero-order chi connectivity index (χ0) is 12.0. The average Bonchev–Trinajstić information content (AvgIpc) is 2.27. The molecule has 1 aromatic carbocycles. The largest absolute Gasteiger partial charge is 0.488 e. The van der Waals surface area contributed by atoms with E-state index in [4.69, 9.17) is 15.2 Å². The Labute approximate surface area is 97.6 Å². The van der Waals surface area contributed by atoms with Crippen LogP contribution in [-0.2, 0) is 4.74 Å². The van der Waals surface area contributed by atoms with Gasteiger partial charge in [0.25, 0.3) is 0 Å². The first-order valence-electron chi connectivity index (χ1n) is 5.73. The molecule has 0 aliphatic rings. The van der Waals surface area contributed by atoms with E-state index in [0.29, 0.717) is 6.61 Å². The van der Waals surface area contributed by atoms with Crippen molar-refractivity contribution in [2.75, 3.05) is 13.2 Å². The zero-order valence-corrected chi connectivity index (χ0v) is 10.3. The van der Waals surface area contributed by atoms with Crippen molar-refractivity contribution in [2.24, 2.45) is 5.73 Å². The summed E-state index contributed by atoms with van der Waals surface area (Å²) in [7, 11) is 0. The number of rotatable bonds is 6. The zero-order valence-electron chi connectivity index (χ0n) is 10.3. The van der Waals surface area contributed by atoms with Gasteiger partial charge in [-0.05, 0) is 38.5 Å². The Morgan fingerprint density at radius 1 is 1.19 bits per heavy atom. The maximum absolute atomic E-state index is 5.77. The van der Waals surface area contributed by atoms with Crippen LogP contribution in [0.2, 0.25) is 0 Å². The molecule has 2 atom stereocenters. The molecule has 0 heterocycles. The monoisotopic (exact) mass is 223 g/mol. The van der Waals surface area contributed by atoms with Gasteiger partial charge in [0, 0.05) is 12.6 Å². The number of ether oxygens (including phenoxy) is 2. The Balaban J connectivity index is 2.48. The van der Waals surface area contributed by atoms with Crippen molar-refractivity contribution in [3.8, 4) is 5.75 Å².